The van der Waals surface area contributed by atoms with E-state index in [1.165, 1.54) is 0 Å². The molecule has 0 saturated carbocycles. The highest BCUT2D eigenvalue weighted by Gasteiger charge is 2.09. The summed E-state index contributed by atoms with van der Waals surface area (Å²) in [6.07, 6.45) is 2.24. The Labute approximate surface area is 113 Å². The Kier molecular flexibility index (Phi) is 3.90. The molecule has 0 radical (unpaired) electrons. The third-order valence-electron chi connectivity index (χ3n) is 2.73. The highest BCUT2D eigenvalue weighted by Crippen LogP contribution is 2.22. The average molecular weight is 279 g/mol. The van der Waals surface area contributed by atoms with Gasteiger partial charge in [-0.15, -0.1) is 0 Å². The SMILES string of the molecule is CCCS(=O)(=O)Nc1ccc(-c2nc[nH]c2C)cc1. The minimum absolute atomic E-state index is 0.132. The van der Waals surface area contributed by atoms with Gasteiger partial charge in [-0.05, 0) is 25.5 Å². The van der Waals surface area contributed by atoms with Crippen molar-refractivity contribution in [1.82, 2.24) is 9.97 Å². The van der Waals surface area contributed by atoms with Crippen LogP contribution < -0.4 is 4.72 Å². The van der Waals surface area contributed by atoms with E-state index in [0.29, 0.717) is 12.1 Å². The standard InChI is InChI=1S/C13H17N3O2S/c1-3-8-19(17,18)16-12-6-4-11(5-7-12)13-10(2)14-9-15-13/h4-7,9,16H,3,8H2,1-2H3,(H,14,15). The van der Waals surface area contributed by atoms with E-state index in [9.17, 15) is 8.42 Å². The summed E-state index contributed by atoms with van der Waals surface area (Å²) in [5, 5.41) is 0. The van der Waals surface area contributed by atoms with Crippen LogP contribution in [0.2, 0.25) is 0 Å². The van der Waals surface area contributed by atoms with E-state index in [0.717, 1.165) is 17.0 Å². The number of aromatic nitrogens is 2. The quantitative estimate of drug-likeness (QED) is 0.883. The molecular weight excluding hydrogens is 262 g/mol. The summed E-state index contributed by atoms with van der Waals surface area (Å²) < 4.78 is 25.8. The van der Waals surface area contributed by atoms with Crippen molar-refractivity contribution in [3.8, 4) is 11.3 Å². The normalized spacial score (nSPS) is 11.5. The molecule has 1 heterocycles. The molecule has 0 fully saturated rings. The number of nitrogens with one attached hydrogen (secondary N) is 2. The first-order valence-corrected chi connectivity index (χ1v) is 7.78. The second-order valence-corrected chi connectivity index (χ2v) is 6.22. The molecule has 102 valence electrons. The topological polar surface area (TPSA) is 74.8 Å². The minimum atomic E-state index is -3.23. The van der Waals surface area contributed by atoms with Crippen LogP contribution in [0, 0.1) is 6.92 Å². The van der Waals surface area contributed by atoms with Crippen LogP contribution >= 0.6 is 0 Å². The van der Waals surface area contributed by atoms with E-state index in [2.05, 4.69) is 14.7 Å². The molecule has 19 heavy (non-hydrogen) atoms. The van der Waals surface area contributed by atoms with Crippen LogP contribution in [0.25, 0.3) is 11.3 Å². The van der Waals surface area contributed by atoms with Gasteiger partial charge in [0.25, 0.3) is 0 Å². The number of benzene rings is 1. The van der Waals surface area contributed by atoms with Crippen molar-refractivity contribution in [2.24, 2.45) is 0 Å². The number of nitrogens with zero attached hydrogens (tertiary/aromatic N) is 1. The van der Waals surface area contributed by atoms with Crippen LogP contribution in [0.5, 0.6) is 0 Å². The van der Waals surface area contributed by atoms with Crippen molar-refractivity contribution in [3.05, 3.63) is 36.3 Å². The number of anilines is 1. The number of aryl methyl sites for hydroxylation is 1. The van der Waals surface area contributed by atoms with Crippen LogP contribution in [0.3, 0.4) is 0 Å². The van der Waals surface area contributed by atoms with Gasteiger partial charge < -0.3 is 4.98 Å². The van der Waals surface area contributed by atoms with Gasteiger partial charge in [-0.25, -0.2) is 13.4 Å². The molecule has 5 nitrogen and oxygen atoms in total. The number of imidazole rings is 1. The average Bonchev–Trinajstić information content (AvgIpc) is 2.76. The third-order valence-corrected chi connectivity index (χ3v) is 4.23. The molecule has 0 saturated heterocycles. The maximum Gasteiger partial charge on any atom is 0.232 e. The molecule has 0 atom stereocenters. The zero-order valence-electron chi connectivity index (χ0n) is 11.0. The van der Waals surface area contributed by atoms with Crippen molar-refractivity contribution < 1.29 is 8.42 Å². The van der Waals surface area contributed by atoms with E-state index in [1.54, 1.807) is 18.5 Å². The largest absolute Gasteiger partial charge is 0.348 e. The molecule has 2 N–H and O–H groups in total. The van der Waals surface area contributed by atoms with E-state index >= 15 is 0 Å². The van der Waals surface area contributed by atoms with E-state index in [4.69, 9.17) is 0 Å². The van der Waals surface area contributed by atoms with Gasteiger partial charge in [-0.3, -0.25) is 4.72 Å². The van der Waals surface area contributed by atoms with Crippen molar-refractivity contribution in [2.45, 2.75) is 20.3 Å². The van der Waals surface area contributed by atoms with Crippen molar-refractivity contribution >= 4 is 15.7 Å². The molecule has 0 unspecified atom stereocenters. The fourth-order valence-electron chi connectivity index (χ4n) is 1.85. The number of rotatable bonds is 5. The zero-order valence-corrected chi connectivity index (χ0v) is 11.8. The Morgan fingerprint density at radius 2 is 1.95 bits per heavy atom. The van der Waals surface area contributed by atoms with Gasteiger partial charge in [0.1, 0.15) is 0 Å². The summed E-state index contributed by atoms with van der Waals surface area (Å²) in [6, 6.07) is 7.20. The molecule has 0 bridgehead atoms. The summed E-state index contributed by atoms with van der Waals surface area (Å²) in [4.78, 5) is 7.24. The summed E-state index contributed by atoms with van der Waals surface area (Å²) in [6.45, 7) is 3.78. The van der Waals surface area contributed by atoms with Gasteiger partial charge in [0, 0.05) is 16.9 Å². The Hall–Kier alpha value is -1.82. The Balaban J connectivity index is 2.18. The summed E-state index contributed by atoms with van der Waals surface area (Å²) >= 11 is 0. The Bertz CT molecular complexity index is 645. The van der Waals surface area contributed by atoms with E-state index < -0.39 is 10.0 Å². The molecular formula is C13H17N3O2S. The van der Waals surface area contributed by atoms with Gasteiger partial charge in [0.2, 0.25) is 10.0 Å². The Morgan fingerprint density at radius 1 is 1.26 bits per heavy atom. The maximum absolute atomic E-state index is 11.6. The molecule has 0 spiro atoms. The van der Waals surface area contributed by atoms with E-state index in [-0.39, 0.29) is 5.75 Å². The van der Waals surface area contributed by atoms with Crippen LogP contribution in [-0.2, 0) is 10.0 Å². The Morgan fingerprint density at radius 3 is 2.47 bits per heavy atom. The molecule has 1 aromatic heterocycles. The van der Waals surface area contributed by atoms with Gasteiger partial charge in [0.05, 0.1) is 17.8 Å². The molecule has 2 rings (SSSR count). The molecule has 0 aliphatic carbocycles. The second-order valence-electron chi connectivity index (χ2n) is 4.37. The van der Waals surface area contributed by atoms with E-state index in [1.807, 2.05) is 26.0 Å². The monoisotopic (exact) mass is 279 g/mol. The molecule has 6 heteroatoms. The van der Waals surface area contributed by atoms with Crippen molar-refractivity contribution in [3.63, 3.8) is 0 Å². The van der Waals surface area contributed by atoms with Crippen molar-refractivity contribution in [2.75, 3.05) is 10.5 Å². The first kappa shape index (κ1) is 13.6. The van der Waals surface area contributed by atoms with Crippen LogP contribution in [0.4, 0.5) is 5.69 Å². The number of sulfonamides is 1. The van der Waals surface area contributed by atoms with Crippen LogP contribution in [0.1, 0.15) is 19.0 Å². The summed E-state index contributed by atoms with van der Waals surface area (Å²) in [7, 11) is -3.23. The number of hydrogen-bond donors (Lipinski definition) is 2. The molecule has 0 aliphatic rings. The lowest BCUT2D eigenvalue weighted by Gasteiger charge is -2.07. The molecule has 2 aromatic rings. The lowest BCUT2D eigenvalue weighted by molar-refractivity contribution is 0.600. The highest BCUT2D eigenvalue weighted by atomic mass is 32.2. The van der Waals surface area contributed by atoms with Crippen molar-refractivity contribution in [1.29, 1.82) is 0 Å². The number of aromatic amines is 1. The van der Waals surface area contributed by atoms with Gasteiger partial charge in [-0.1, -0.05) is 19.1 Å². The lowest BCUT2D eigenvalue weighted by Crippen LogP contribution is -2.15. The lowest BCUT2D eigenvalue weighted by atomic mass is 10.1. The van der Waals surface area contributed by atoms with Gasteiger partial charge in [0.15, 0.2) is 0 Å². The molecule has 0 amide bonds. The minimum Gasteiger partial charge on any atom is -0.348 e. The number of hydrogen-bond acceptors (Lipinski definition) is 3. The maximum atomic E-state index is 11.6. The second kappa shape index (κ2) is 5.44. The third kappa shape index (κ3) is 3.35. The fourth-order valence-corrected chi connectivity index (χ4v) is 2.98. The first-order chi connectivity index (χ1) is 9.02. The zero-order chi connectivity index (χ0) is 13.9. The predicted molar refractivity (Wildman–Crippen MR) is 76.5 cm³/mol. The van der Waals surface area contributed by atoms with Crippen LogP contribution in [-0.4, -0.2) is 24.1 Å². The molecule has 1 aromatic carbocycles. The van der Waals surface area contributed by atoms with Gasteiger partial charge in [-0.2, -0.15) is 0 Å². The highest BCUT2D eigenvalue weighted by molar-refractivity contribution is 7.92. The molecule has 0 aliphatic heterocycles. The van der Waals surface area contributed by atoms with Crippen LogP contribution in [0.15, 0.2) is 30.6 Å². The predicted octanol–water partition coefficient (Wildman–Crippen LogP) is 2.54. The summed E-state index contributed by atoms with van der Waals surface area (Å²) in [5.41, 5.74) is 3.39. The fraction of sp³-hybridized carbons (Fsp3) is 0.308. The number of H-pyrrole nitrogens is 1. The first-order valence-electron chi connectivity index (χ1n) is 6.13. The summed E-state index contributed by atoms with van der Waals surface area (Å²) in [5.74, 6) is 0.132. The smallest absolute Gasteiger partial charge is 0.232 e. The van der Waals surface area contributed by atoms with Gasteiger partial charge >= 0.3 is 0 Å².